The van der Waals surface area contributed by atoms with E-state index in [9.17, 15) is 19.7 Å². The third-order valence-electron chi connectivity index (χ3n) is 1.34. The molecule has 8 heteroatoms. The first kappa shape index (κ1) is 9.84. The highest BCUT2D eigenvalue weighted by molar-refractivity contribution is 5.86. The number of carbonyl (C=O) groups excluding carboxylic acids is 1. The number of aromatic amines is 1. The maximum Gasteiger partial charge on any atom is 0.388 e. The minimum Gasteiger partial charge on any atom is -0.463 e. The number of nitrogens with zero attached hydrogens (tertiary/aromatic N) is 2. The average Bonchev–Trinajstić information content (AvgIpc) is 2.17. The summed E-state index contributed by atoms with van der Waals surface area (Å²) < 4.78 is 4.21. The van der Waals surface area contributed by atoms with Crippen LogP contribution in [0.2, 0.25) is 0 Å². The molecule has 1 rings (SSSR count). The molecule has 0 aliphatic heterocycles. The van der Waals surface area contributed by atoms with Crippen molar-refractivity contribution in [1.82, 2.24) is 9.97 Å². The van der Waals surface area contributed by atoms with Crippen LogP contribution in [-0.4, -0.2) is 28.0 Å². The molecule has 0 saturated carbocycles. The van der Waals surface area contributed by atoms with Gasteiger partial charge in [-0.2, -0.15) is 0 Å². The summed E-state index contributed by atoms with van der Waals surface area (Å²) in [6, 6.07) is 0. The van der Waals surface area contributed by atoms with Crippen molar-refractivity contribution < 1.29 is 14.5 Å². The maximum atomic E-state index is 11.0. The summed E-state index contributed by atoms with van der Waals surface area (Å²) in [5, 5.41) is 10.2. The van der Waals surface area contributed by atoms with Gasteiger partial charge in [0, 0.05) is 0 Å². The molecule has 0 fully saturated rings. The van der Waals surface area contributed by atoms with Gasteiger partial charge in [-0.15, -0.1) is 0 Å². The van der Waals surface area contributed by atoms with Crippen molar-refractivity contribution in [2.75, 3.05) is 7.11 Å². The normalized spacial score (nSPS) is 9.50. The summed E-state index contributed by atoms with van der Waals surface area (Å²) in [6.07, 6.45) is 0.800. The van der Waals surface area contributed by atoms with Crippen LogP contribution in [0.25, 0.3) is 0 Å². The van der Waals surface area contributed by atoms with Crippen molar-refractivity contribution in [3.05, 3.63) is 32.4 Å². The van der Waals surface area contributed by atoms with E-state index in [1.165, 1.54) is 0 Å². The second-order valence-electron chi connectivity index (χ2n) is 2.19. The summed E-state index contributed by atoms with van der Waals surface area (Å²) in [7, 11) is 1.04. The molecule has 0 aromatic carbocycles. The van der Waals surface area contributed by atoms with Crippen LogP contribution in [-0.2, 0) is 4.74 Å². The maximum absolute atomic E-state index is 11.0. The second-order valence-corrected chi connectivity index (χ2v) is 2.19. The molecule has 14 heavy (non-hydrogen) atoms. The molecule has 0 aliphatic carbocycles. The number of ether oxygens (including phenoxy) is 1. The smallest absolute Gasteiger partial charge is 0.388 e. The number of aromatic nitrogens is 2. The Balaban J connectivity index is 3.28. The van der Waals surface area contributed by atoms with Gasteiger partial charge in [0.15, 0.2) is 0 Å². The number of hydrogen-bond donors (Lipinski definition) is 1. The Kier molecular flexibility index (Phi) is 2.56. The Bertz CT molecular complexity index is 437. The van der Waals surface area contributed by atoms with E-state index in [1.54, 1.807) is 0 Å². The molecule has 0 bridgehead atoms. The lowest BCUT2D eigenvalue weighted by Gasteiger charge is -1.93. The summed E-state index contributed by atoms with van der Waals surface area (Å²) in [4.78, 5) is 36.5. The van der Waals surface area contributed by atoms with Crippen LogP contribution in [0.3, 0.4) is 0 Å². The Morgan fingerprint density at radius 3 is 2.86 bits per heavy atom. The van der Waals surface area contributed by atoms with Crippen molar-refractivity contribution in [2.45, 2.75) is 0 Å². The molecule has 1 aromatic rings. The van der Waals surface area contributed by atoms with E-state index in [0.29, 0.717) is 0 Å². The summed E-state index contributed by atoms with van der Waals surface area (Å²) >= 11 is 0. The highest BCUT2D eigenvalue weighted by Gasteiger charge is 2.21. The van der Waals surface area contributed by atoms with Crippen molar-refractivity contribution in [3.63, 3.8) is 0 Å². The summed E-state index contributed by atoms with van der Waals surface area (Å²) in [5.41, 5.74) is -1.47. The molecule has 0 spiro atoms. The van der Waals surface area contributed by atoms with Crippen molar-refractivity contribution >= 4 is 11.8 Å². The molecule has 1 N–H and O–H groups in total. The number of methoxy groups -OCH3 is 1. The fourth-order valence-electron chi connectivity index (χ4n) is 0.725. The predicted octanol–water partition coefficient (Wildman–Crippen LogP) is -0.535. The molecule has 0 unspecified atom stereocenters. The lowest BCUT2D eigenvalue weighted by atomic mass is 10.4. The molecule has 74 valence electrons. The third-order valence-corrected chi connectivity index (χ3v) is 1.34. The Morgan fingerprint density at radius 2 is 2.36 bits per heavy atom. The highest BCUT2D eigenvalue weighted by Crippen LogP contribution is 2.02. The van der Waals surface area contributed by atoms with E-state index in [-0.39, 0.29) is 0 Å². The van der Waals surface area contributed by atoms with Gasteiger partial charge in [0.05, 0.1) is 7.11 Å². The van der Waals surface area contributed by atoms with Crippen LogP contribution in [0, 0.1) is 10.1 Å². The summed E-state index contributed by atoms with van der Waals surface area (Å²) in [5.74, 6) is -1.64. The highest BCUT2D eigenvalue weighted by atomic mass is 16.6. The average molecular weight is 199 g/mol. The number of hydrogen-bond acceptors (Lipinski definition) is 6. The van der Waals surface area contributed by atoms with Crippen LogP contribution in [0.5, 0.6) is 0 Å². The lowest BCUT2D eigenvalue weighted by Crippen LogP contribution is -2.21. The zero-order chi connectivity index (χ0) is 10.7. The van der Waals surface area contributed by atoms with Gasteiger partial charge in [-0.1, -0.05) is 0 Å². The number of carbonyl (C=O) groups is 1. The van der Waals surface area contributed by atoms with E-state index < -0.39 is 28.0 Å². The zero-order valence-electron chi connectivity index (χ0n) is 7.01. The zero-order valence-corrected chi connectivity index (χ0v) is 7.01. The largest absolute Gasteiger partial charge is 0.463 e. The Labute approximate surface area is 76.7 Å². The molecular weight excluding hydrogens is 194 g/mol. The van der Waals surface area contributed by atoms with Crippen LogP contribution >= 0.6 is 0 Å². The molecule has 0 atom stereocenters. The van der Waals surface area contributed by atoms with E-state index in [0.717, 1.165) is 13.3 Å². The molecule has 0 aliphatic rings. The summed E-state index contributed by atoms with van der Waals surface area (Å²) in [6.45, 7) is 0. The van der Waals surface area contributed by atoms with Crippen LogP contribution in [0.1, 0.15) is 10.5 Å². The van der Waals surface area contributed by atoms with E-state index >= 15 is 0 Å². The fourth-order valence-corrected chi connectivity index (χ4v) is 0.725. The van der Waals surface area contributed by atoms with Gasteiger partial charge >= 0.3 is 23.0 Å². The Hall–Kier alpha value is -2.25. The van der Waals surface area contributed by atoms with Crippen LogP contribution in [0.4, 0.5) is 5.82 Å². The molecule has 8 nitrogen and oxygen atoms in total. The van der Waals surface area contributed by atoms with Gasteiger partial charge < -0.3 is 19.8 Å². The van der Waals surface area contributed by atoms with E-state index in [4.69, 9.17) is 0 Å². The minimum atomic E-state index is -1.02. The number of H-pyrrole nitrogens is 1. The fraction of sp³-hybridized carbons (Fsp3) is 0.167. The minimum absolute atomic E-state index is 0.620. The molecule has 0 radical (unpaired) electrons. The SMILES string of the molecule is COC(=O)c1nc([N+](=O)[O-])c[nH]c1=O. The Morgan fingerprint density at radius 1 is 1.71 bits per heavy atom. The topological polar surface area (TPSA) is 115 Å². The number of nitro groups is 1. The van der Waals surface area contributed by atoms with Crippen LogP contribution < -0.4 is 5.56 Å². The van der Waals surface area contributed by atoms with Gasteiger partial charge in [-0.05, 0) is 9.91 Å². The van der Waals surface area contributed by atoms with E-state index in [1.807, 2.05) is 4.98 Å². The third kappa shape index (κ3) is 1.73. The van der Waals surface area contributed by atoms with Crippen molar-refractivity contribution in [1.29, 1.82) is 0 Å². The second kappa shape index (κ2) is 3.64. The molecule has 0 saturated heterocycles. The molecule has 1 heterocycles. The van der Waals surface area contributed by atoms with Gasteiger partial charge in [-0.25, -0.2) is 4.79 Å². The van der Waals surface area contributed by atoms with Gasteiger partial charge in [0.1, 0.15) is 6.20 Å². The van der Waals surface area contributed by atoms with E-state index in [2.05, 4.69) is 9.72 Å². The van der Waals surface area contributed by atoms with Crippen LogP contribution in [0.15, 0.2) is 11.0 Å². The quantitative estimate of drug-likeness (QED) is 0.388. The van der Waals surface area contributed by atoms with Gasteiger partial charge in [0.2, 0.25) is 0 Å². The van der Waals surface area contributed by atoms with Gasteiger partial charge in [-0.3, -0.25) is 4.79 Å². The van der Waals surface area contributed by atoms with Crippen molar-refractivity contribution in [3.8, 4) is 0 Å². The lowest BCUT2D eigenvalue weighted by molar-refractivity contribution is -0.390. The van der Waals surface area contributed by atoms with Crippen molar-refractivity contribution in [2.24, 2.45) is 0 Å². The number of rotatable bonds is 2. The first-order valence-corrected chi connectivity index (χ1v) is 3.38. The monoisotopic (exact) mass is 199 g/mol. The molecular formula is C6H5N3O5. The molecule has 1 aromatic heterocycles. The predicted molar refractivity (Wildman–Crippen MR) is 42.9 cm³/mol. The number of nitrogens with one attached hydrogen (secondary N) is 1. The first-order valence-electron chi connectivity index (χ1n) is 3.38. The number of esters is 1. The first-order chi connectivity index (χ1) is 6.56. The molecule has 0 amide bonds. The van der Waals surface area contributed by atoms with Gasteiger partial charge in [0.25, 0.3) is 0 Å². The standard InChI is InChI=1S/C6H5N3O5/c1-14-6(11)4-5(10)7-2-3(8-4)9(12)13/h2H,1H3,(H,7,10).